The first-order valence-electron chi connectivity index (χ1n) is 6.59. The van der Waals surface area contributed by atoms with Crippen LogP contribution in [0.1, 0.15) is 0 Å². The molecule has 0 fully saturated rings. The molecule has 0 radical (unpaired) electrons. The van der Waals surface area contributed by atoms with E-state index in [1.54, 1.807) is 0 Å². The summed E-state index contributed by atoms with van der Waals surface area (Å²) in [4.78, 5) is 0. The van der Waals surface area contributed by atoms with Crippen molar-refractivity contribution in [3.63, 3.8) is 0 Å². The minimum atomic E-state index is 0.754. The van der Waals surface area contributed by atoms with Crippen molar-refractivity contribution < 1.29 is 0 Å². The Bertz CT molecular complexity index is 971. The Hall–Kier alpha value is -1.35. The van der Waals surface area contributed by atoms with Crippen LogP contribution in [0.15, 0.2) is 65.1 Å². The largest absolute Gasteiger partial charge is 0.135 e. The van der Waals surface area contributed by atoms with Crippen molar-refractivity contribution in [2.75, 3.05) is 0 Å². The molecule has 0 spiro atoms. The van der Waals surface area contributed by atoms with Crippen LogP contribution in [0.2, 0.25) is 5.02 Å². The Balaban J connectivity index is 1.98. The van der Waals surface area contributed by atoms with Gasteiger partial charge in [0.2, 0.25) is 0 Å². The molecule has 4 aromatic rings. The normalized spacial score (nSPS) is 11.3. The Morgan fingerprint density at radius 3 is 2.52 bits per heavy atom. The Morgan fingerprint density at radius 2 is 1.62 bits per heavy atom. The molecule has 0 aliphatic carbocycles. The lowest BCUT2D eigenvalue weighted by molar-refractivity contribution is 1.61. The van der Waals surface area contributed by atoms with E-state index in [1.165, 1.54) is 25.7 Å². The van der Waals surface area contributed by atoms with E-state index < -0.39 is 0 Å². The number of rotatable bonds is 1. The predicted octanol–water partition coefficient (Wildman–Crippen LogP) is 7.14. The molecule has 0 unspecified atom stereocenters. The average Bonchev–Trinajstić information content (AvgIpc) is 2.87. The molecule has 0 N–H and O–H groups in total. The third kappa shape index (κ3) is 2.28. The predicted molar refractivity (Wildman–Crippen MR) is 97.5 cm³/mol. The summed E-state index contributed by atoms with van der Waals surface area (Å²) < 4.78 is 3.70. The zero-order chi connectivity index (χ0) is 14.4. The first-order valence-corrected chi connectivity index (χ1v) is 8.58. The Kier molecular flexibility index (Phi) is 3.26. The Morgan fingerprint density at radius 1 is 0.810 bits per heavy atom. The van der Waals surface area contributed by atoms with Gasteiger partial charge >= 0.3 is 0 Å². The number of thiophene rings is 1. The fourth-order valence-electron chi connectivity index (χ4n) is 2.61. The van der Waals surface area contributed by atoms with Crippen LogP contribution in [0.3, 0.4) is 0 Å². The molecule has 0 amide bonds. The van der Waals surface area contributed by atoms with Crippen LogP contribution < -0.4 is 0 Å². The lowest BCUT2D eigenvalue weighted by Crippen LogP contribution is -1.80. The van der Waals surface area contributed by atoms with E-state index in [1.807, 2.05) is 29.5 Å². The van der Waals surface area contributed by atoms with Crippen LogP contribution in [0, 0.1) is 0 Å². The highest BCUT2D eigenvalue weighted by molar-refractivity contribution is 9.10. The van der Waals surface area contributed by atoms with Crippen molar-refractivity contribution in [1.29, 1.82) is 0 Å². The second kappa shape index (κ2) is 5.13. The van der Waals surface area contributed by atoms with Gasteiger partial charge < -0.3 is 0 Å². The fourth-order valence-corrected chi connectivity index (χ4v) is 4.41. The van der Waals surface area contributed by atoms with Crippen molar-refractivity contribution in [1.82, 2.24) is 0 Å². The van der Waals surface area contributed by atoms with Gasteiger partial charge in [-0.3, -0.25) is 0 Å². The fraction of sp³-hybridized carbons (Fsp3) is 0. The monoisotopic (exact) mass is 372 g/mol. The minimum absolute atomic E-state index is 0.754. The maximum absolute atomic E-state index is 6.13. The number of benzene rings is 3. The number of hydrogen-bond acceptors (Lipinski definition) is 1. The summed E-state index contributed by atoms with van der Waals surface area (Å²) in [5.41, 5.74) is 2.31. The highest BCUT2D eigenvalue weighted by Gasteiger charge is 2.08. The summed E-state index contributed by atoms with van der Waals surface area (Å²) in [6.45, 7) is 0. The summed E-state index contributed by atoms with van der Waals surface area (Å²) in [6.07, 6.45) is 0. The smallest absolute Gasteiger partial charge is 0.0412 e. The van der Waals surface area contributed by atoms with Crippen LogP contribution in [-0.2, 0) is 0 Å². The number of hydrogen-bond donors (Lipinski definition) is 0. The van der Waals surface area contributed by atoms with Crippen LogP contribution in [0.5, 0.6) is 0 Å². The number of fused-ring (bicyclic) bond motifs is 3. The van der Waals surface area contributed by atoms with E-state index in [0.29, 0.717) is 0 Å². The van der Waals surface area contributed by atoms with Crippen LogP contribution in [0.4, 0.5) is 0 Å². The van der Waals surface area contributed by atoms with E-state index >= 15 is 0 Å². The molecular formula is C18H10BrClS. The molecule has 0 saturated heterocycles. The van der Waals surface area contributed by atoms with Gasteiger partial charge in [-0.1, -0.05) is 57.9 Å². The van der Waals surface area contributed by atoms with Gasteiger partial charge in [0.05, 0.1) is 0 Å². The van der Waals surface area contributed by atoms with Gasteiger partial charge in [0.15, 0.2) is 0 Å². The van der Waals surface area contributed by atoms with Gasteiger partial charge in [-0.2, -0.15) is 0 Å². The first-order chi connectivity index (χ1) is 10.2. The van der Waals surface area contributed by atoms with E-state index in [0.717, 1.165) is 15.1 Å². The topological polar surface area (TPSA) is 0 Å². The summed E-state index contributed by atoms with van der Waals surface area (Å²) in [6, 6.07) is 21.0. The number of halogens is 2. The van der Waals surface area contributed by atoms with E-state index in [2.05, 4.69) is 58.4 Å². The molecule has 21 heavy (non-hydrogen) atoms. The first kappa shape index (κ1) is 13.3. The third-order valence-electron chi connectivity index (χ3n) is 3.62. The molecule has 3 heteroatoms. The molecule has 0 aliphatic rings. The summed E-state index contributed by atoms with van der Waals surface area (Å²) in [5, 5.41) is 3.40. The summed E-state index contributed by atoms with van der Waals surface area (Å²) in [5.74, 6) is 0. The maximum atomic E-state index is 6.13. The molecule has 0 aliphatic heterocycles. The van der Waals surface area contributed by atoms with E-state index in [4.69, 9.17) is 11.6 Å². The van der Waals surface area contributed by atoms with Gasteiger partial charge in [-0.15, -0.1) is 11.3 Å². The van der Waals surface area contributed by atoms with Crippen molar-refractivity contribution >= 4 is 59.0 Å². The van der Waals surface area contributed by atoms with Crippen LogP contribution in [-0.4, -0.2) is 0 Å². The minimum Gasteiger partial charge on any atom is -0.135 e. The molecule has 0 nitrogen and oxygen atoms in total. The second-order valence-electron chi connectivity index (χ2n) is 4.93. The molecule has 0 bridgehead atoms. The van der Waals surface area contributed by atoms with Gasteiger partial charge in [-0.25, -0.2) is 0 Å². The molecule has 1 heterocycles. The van der Waals surface area contributed by atoms with Crippen molar-refractivity contribution in [3.8, 4) is 11.1 Å². The molecule has 3 aromatic carbocycles. The van der Waals surface area contributed by atoms with Gasteiger partial charge in [0, 0.05) is 29.7 Å². The standard InChI is InChI=1S/C18H10BrClS/c19-16-8-6-12(20)10-15(16)11-5-7-14-13-3-1-2-4-17(13)21-18(14)9-11/h1-10H. The average molecular weight is 374 g/mol. The maximum Gasteiger partial charge on any atom is 0.0412 e. The molecule has 0 saturated carbocycles. The van der Waals surface area contributed by atoms with Crippen molar-refractivity contribution in [3.05, 3.63) is 70.2 Å². The van der Waals surface area contributed by atoms with Crippen LogP contribution >= 0.6 is 38.9 Å². The second-order valence-corrected chi connectivity index (χ2v) is 7.31. The quantitative estimate of drug-likeness (QED) is 0.332. The van der Waals surface area contributed by atoms with Crippen molar-refractivity contribution in [2.45, 2.75) is 0 Å². The molecule has 1 aromatic heterocycles. The lowest BCUT2D eigenvalue weighted by atomic mass is 10.0. The van der Waals surface area contributed by atoms with E-state index in [9.17, 15) is 0 Å². The third-order valence-corrected chi connectivity index (χ3v) is 5.68. The summed E-state index contributed by atoms with van der Waals surface area (Å²) >= 11 is 11.6. The highest BCUT2D eigenvalue weighted by Crippen LogP contribution is 2.38. The van der Waals surface area contributed by atoms with Gasteiger partial charge in [0.25, 0.3) is 0 Å². The van der Waals surface area contributed by atoms with E-state index in [-0.39, 0.29) is 0 Å². The zero-order valence-electron chi connectivity index (χ0n) is 10.9. The SMILES string of the molecule is Clc1ccc(Br)c(-c2ccc3c(c2)sc2ccccc23)c1. The van der Waals surface area contributed by atoms with Crippen LogP contribution in [0.25, 0.3) is 31.3 Å². The van der Waals surface area contributed by atoms with Crippen molar-refractivity contribution in [2.24, 2.45) is 0 Å². The summed E-state index contributed by atoms with van der Waals surface area (Å²) in [7, 11) is 0. The molecule has 0 atom stereocenters. The zero-order valence-corrected chi connectivity index (χ0v) is 14.1. The van der Waals surface area contributed by atoms with Gasteiger partial charge in [0.1, 0.15) is 0 Å². The Labute approximate surface area is 140 Å². The molecule has 4 rings (SSSR count). The molecular weight excluding hydrogens is 364 g/mol. The lowest BCUT2D eigenvalue weighted by Gasteiger charge is -2.05. The highest BCUT2D eigenvalue weighted by atomic mass is 79.9. The molecule has 102 valence electrons. The van der Waals surface area contributed by atoms with Gasteiger partial charge in [-0.05, 0) is 41.5 Å².